The summed E-state index contributed by atoms with van der Waals surface area (Å²) in [6.45, 7) is 4.60. The summed E-state index contributed by atoms with van der Waals surface area (Å²) in [5.41, 5.74) is 2.92. The van der Waals surface area contributed by atoms with Crippen molar-refractivity contribution in [3.63, 3.8) is 0 Å². The van der Waals surface area contributed by atoms with Crippen molar-refractivity contribution in [3.05, 3.63) is 36.0 Å². The Labute approximate surface area is 123 Å². The second-order valence-corrected chi connectivity index (χ2v) is 6.46. The lowest BCUT2D eigenvalue weighted by molar-refractivity contribution is 0.265. The quantitative estimate of drug-likeness (QED) is 0.667. The van der Waals surface area contributed by atoms with Gasteiger partial charge < -0.3 is 4.57 Å². The summed E-state index contributed by atoms with van der Waals surface area (Å²) < 4.78 is 2.55. The second-order valence-electron chi connectivity index (χ2n) is 6.46. The van der Waals surface area contributed by atoms with Gasteiger partial charge in [-0.3, -0.25) is 0 Å². The maximum Gasteiger partial charge on any atom is 0.0483 e. The Bertz CT molecular complexity index is 566. The zero-order valence-corrected chi connectivity index (χ0v) is 12.9. The van der Waals surface area contributed by atoms with Crippen LogP contribution in [0.5, 0.6) is 0 Å². The van der Waals surface area contributed by atoms with Crippen molar-refractivity contribution in [1.29, 1.82) is 0 Å². The third kappa shape index (κ3) is 2.63. The molecule has 1 heterocycles. The van der Waals surface area contributed by atoms with Crippen LogP contribution in [0, 0.1) is 5.92 Å². The third-order valence-corrected chi connectivity index (χ3v) is 5.05. The van der Waals surface area contributed by atoms with Crippen molar-refractivity contribution in [1.82, 2.24) is 4.57 Å². The third-order valence-electron chi connectivity index (χ3n) is 5.05. The lowest BCUT2D eigenvalue weighted by Gasteiger charge is -2.30. The van der Waals surface area contributed by atoms with Crippen molar-refractivity contribution in [3.8, 4) is 0 Å². The van der Waals surface area contributed by atoms with E-state index in [1.54, 1.807) is 0 Å². The molecule has 3 rings (SSSR count). The second kappa shape index (κ2) is 6.03. The molecule has 0 spiro atoms. The number of aromatic nitrogens is 1. The van der Waals surface area contributed by atoms with Gasteiger partial charge in [-0.05, 0) is 54.3 Å². The van der Waals surface area contributed by atoms with Gasteiger partial charge >= 0.3 is 0 Å². The van der Waals surface area contributed by atoms with Gasteiger partial charge in [-0.1, -0.05) is 45.6 Å². The van der Waals surface area contributed by atoms with Crippen LogP contribution in [0.15, 0.2) is 30.5 Å². The predicted molar refractivity (Wildman–Crippen MR) is 87.2 cm³/mol. The molecular weight excluding hydrogens is 242 g/mol. The molecule has 0 amide bonds. The fourth-order valence-electron chi connectivity index (χ4n) is 3.86. The van der Waals surface area contributed by atoms with E-state index in [4.69, 9.17) is 0 Å². The molecule has 1 fully saturated rings. The minimum absolute atomic E-state index is 0.725. The minimum atomic E-state index is 0.725. The normalized spacial score (nSPS) is 23.3. The Morgan fingerprint density at radius 1 is 1.15 bits per heavy atom. The van der Waals surface area contributed by atoms with E-state index in [9.17, 15) is 0 Å². The van der Waals surface area contributed by atoms with Crippen molar-refractivity contribution in [2.75, 3.05) is 0 Å². The average molecular weight is 269 g/mol. The van der Waals surface area contributed by atoms with Gasteiger partial charge in [-0.2, -0.15) is 0 Å². The monoisotopic (exact) mass is 269 g/mol. The van der Waals surface area contributed by atoms with E-state index in [2.05, 4.69) is 48.9 Å². The Kier molecular flexibility index (Phi) is 4.14. The molecule has 1 heteroatoms. The number of rotatable bonds is 4. The van der Waals surface area contributed by atoms with E-state index < -0.39 is 0 Å². The van der Waals surface area contributed by atoms with Crippen LogP contribution in [-0.2, 0) is 6.42 Å². The van der Waals surface area contributed by atoms with Gasteiger partial charge in [-0.15, -0.1) is 0 Å². The highest BCUT2D eigenvalue weighted by Gasteiger charge is 2.22. The molecule has 0 bridgehead atoms. The zero-order chi connectivity index (χ0) is 13.9. The van der Waals surface area contributed by atoms with Gasteiger partial charge in [0.05, 0.1) is 0 Å². The first-order chi connectivity index (χ1) is 9.81. The van der Waals surface area contributed by atoms with Crippen molar-refractivity contribution < 1.29 is 0 Å². The number of aryl methyl sites for hydroxylation is 1. The molecule has 2 aromatic rings. The van der Waals surface area contributed by atoms with Crippen LogP contribution in [0.3, 0.4) is 0 Å². The Morgan fingerprint density at radius 2 is 2.05 bits per heavy atom. The van der Waals surface area contributed by atoms with Gasteiger partial charge in [0.1, 0.15) is 0 Å². The number of hydrogen-bond donors (Lipinski definition) is 0. The molecule has 1 nitrogen and oxygen atoms in total. The van der Waals surface area contributed by atoms with E-state index in [-0.39, 0.29) is 0 Å². The van der Waals surface area contributed by atoms with E-state index in [0.717, 1.165) is 12.0 Å². The van der Waals surface area contributed by atoms with Gasteiger partial charge in [0.2, 0.25) is 0 Å². The van der Waals surface area contributed by atoms with E-state index in [1.807, 2.05) is 0 Å². The van der Waals surface area contributed by atoms with Gasteiger partial charge in [0, 0.05) is 17.8 Å². The molecule has 0 aliphatic heterocycles. The molecule has 1 saturated carbocycles. The van der Waals surface area contributed by atoms with E-state index in [0.29, 0.717) is 0 Å². The van der Waals surface area contributed by atoms with Gasteiger partial charge in [0.25, 0.3) is 0 Å². The first-order valence-corrected chi connectivity index (χ1v) is 8.41. The molecule has 20 heavy (non-hydrogen) atoms. The highest BCUT2D eigenvalue weighted by atomic mass is 15.0. The summed E-state index contributed by atoms with van der Waals surface area (Å²) in [6.07, 6.45) is 11.7. The molecule has 1 aliphatic carbocycles. The van der Waals surface area contributed by atoms with E-state index >= 15 is 0 Å². The fourth-order valence-corrected chi connectivity index (χ4v) is 3.86. The maximum atomic E-state index is 2.55. The molecule has 1 aromatic carbocycles. The summed E-state index contributed by atoms with van der Waals surface area (Å²) in [7, 11) is 0. The smallest absolute Gasteiger partial charge is 0.0483 e. The largest absolute Gasteiger partial charge is 0.344 e. The number of fused-ring (bicyclic) bond motifs is 1. The molecule has 0 saturated heterocycles. The molecule has 1 aromatic heterocycles. The van der Waals surface area contributed by atoms with Crippen LogP contribution >= 0.6 is 0 Å². The average Bonchev–Trinajstić information content (AvgIpc) is 2.91. The van der Waals surface area contributed by atoms with Crippen molar-refractivity contribution in [2.24, 2.45) is 5.92 Å². The van der Waals surface area contributed by atoms with Crippen LogP contribution < -0.4 is 0 Å². The number of benzene rings is 1. The Morgan fingerprint density at radius 3 is 2.85 bits per heavy atom. The molecule has 108 valence electrons. The predicted octanol–water partition coefficient (Wildman–Crippen LogP) is 5.74. The molecule has 0 radical (unpaired) electrons. The topological polar surface area (TPSA) is 4.93 Å². The lowest BCUT2D eigenvalue weighted by Crippen LogP contribution is -2.18. The summed E-state index contributed by atoms with van der Waals surface area (Å²) in [5, 5.41) is 1.43. The highest BCUT2D eigenvalue weighted by Crippen LogP contribution is 2.36. The van der Waals surface area contributed by atoms with Crippen molar-refractivity contribution in [2.45, 2.75) is 64.8 Å². The molecular formula is C19H27N. The van der Waals surface area contributed by atoms with Crippen LogP contribution in [0.4, 0.5) is 0 Å². The van der Waals surface area contributed by atoms with Crippen molar-refractivity contribution >= 4 is 10.9 Å². The first-order valence-electron chi connectivity index (χ1n) is 8.41. The van der Waals surface area contributed by atoms with Crippen LogP contribution in [0.1, 0.15) is 64.0 Å². The summed E-state index contributed by atoms with van der Waals surface area (Å²) in [6, 6.07) is 10.1. The summed E-state index contributed by atoms with van der Waals surface area (Å²) in [4.78, 5) is 0. The Balaban J connectivity index is 1.88. The summed E-state index contributed by atoms with van der Waals surface area (Å²) in [5.74, 6) is 0.936. The van der Waals surface area contributed by atoms with Crippen LogP contribution in [-0.4, -0.2) is 4.57 Å². The van der Waals surface area contributed by atoms with E-state index in [1.165, 1.54) is 61.4 Å². The van der Waals surface area contributed by atoms with Crippen LogP contribution in [0.2, 0.25) is 0 Å². The molecule has 2 atom stereocenters. The molecule has 2 unspecified atom stereocenters. The highest BCUT2D eigenvalue weighted by molar-refractivity contribution is 5.81. The fraction of sp³-hybridized carbons (Fsp3) is 0.579. The lowest BCUT2D eigenvalue weighted by atomic mass is 9.84. The Hall–Kier alpha value is -1.24. The first kappa shape index (κ1) is 13.7. The SMILES string of the molecule is CCCc1ccc2c(ccn2C2CCCC(CC)C2)c1. The zero-order valence-electron chi connectivity index (χ0n) is 12.9. The maximum absolute atomic E-state index is 2.55. The molecule has 1 aliphatic rings. The van der Waals surface area contributed by atoms with Gasteiger partial charge in [0.15, 0.2) is 0 Å². The minimum Gasteiger partial charge on any atom is -0.344 e. The standard InChI is InChI=1S/C19H27N/c1-3-6-16-9-10-19-17(13-16)11-12-20(19)18-8-5-7-15(4-2)14-18/h9-13,15,18H,3-8,14H2,1-2H3. The number of nitrogens with zero attached hydrogens (tertiary/aromatic N) is 1. The molecule has 0 N–H and O–H groups in total. The van der Waals surface area contributed by atoms with Crippen LogP contribution in [0.25, 0.3) is 10.9 Å². The van der Waals surface area contributed by atoms with Gasteiger partial charge in [-0.25, -0.2) is 0 Å². The number of hydrogen-bond acceptors (Lipinski definition) is 0. The summed E-state index contributed by atoms with van der Waals surface area (Å²) >= 11 is 0.